The molecule has 0 spiro atoms. The maximum absolute atomic E-state index is 12.6. The van der Waals surface area contributed by atoms with Crippen LogP contribution in [0.15, 0.2) is 24.3 Å². The van der Waals surface area contributed by atoms with Crippen LogP contribution in [0.2, 0.25) is 0 Å². The molecular weight excluding hydrogens is 274 g/mol. The molecule has 1 aromatic carbocycles. The minimum absolute atomic E-state index is 0.265. The van der Waals surface area contributed by atoms with Gasteiger partial charge in [-0.3, -0.25) is 15.6 Å². The number of halogens is 4. The first-order valence-electron chi connectivity index (χ1n) is 4.49. The van der Waals surface area contributed by atoms with E-state index in [2.05, 4.69) is 17.5 Å². The van der Waals surface area contributed by atoms with Crippen molar-refractivity contribution in [3.05, 3.63) is 30.1 Å². The highest BCUT2D eigenvalue weighted by Gasteiger charge is 2.38. The van der Waals surface area contributed by atoms with E-state index in [4.69, 9.17) is 0 Å². The van der Waals surface area contributed by atoms with Crippen LogP contribution >= 0.6 is 12.2 Å². The van der Waals surface area contributed by atoms with Gasteiger partial charge in [-0.1, -0.05) is 0 Å². The third-order valence-electron chi connectivity index (χ3n) is 1.65. The number of amides is 1. The van der Waals surface area contributed by atoms with Crippen LogP contribution in [-0.2, 0) is 4.79 Å². The zero-order valence-electron chi connectivity index (χ0n) is 8.64. The number of carbonyl (C=O) groups is 1. The molecule has 0 aliphatic heterocycles. The highest BCUT2D eigenvalue weighted by molar-refractivity contribution is 7.80. The van der Waals surface area contributed by atoms with Crippen molar-refractivity contribution >= 4 is 28.9 Å². The van der Waals surface area contributed by atoms with Gasteiger partial charge in [-0.05, 0) is 36.5 Å². The quantitative estimate of drug-likeness (QED) is 0.417. The van der Waals surface area contributed by atoms with Crippen LogP contribution in [-0.4, -0.2) is 17.2 Å². The van der Waals surface area contributed by atoms with Gasteiger partial charge in [-0.15, -0.1) is 0 Å². The van der Waals surface area contributed by atoms with Crippen LogP contribution < -0.4 is 16.2 Å². The zero-order valence-corrected chi connectivity index (χ0v) is 9.45. The Morgan fingerprint density at radius 3 is 2.17 bits per heavy atom. The van der Waals surface area contributed by atoms with Crippen LogP contribution in [0, 0.1) is 5.82 Å². The third-order valence-corrected chi connectivity index (χ3v) is 1.85. The molecule has 0 heterocycles. The second-order valence-corrected chi connectivity index (χ2v) is 3.45. The van der Waals surface area contributed by atoms with Gasteiger partial charge in [0.25, 0.3) is 0 Å². The summed E-state index contributed by atoms with van der Waals surface area (Å²) in [5.74, 6) is -2.64. The van der Waals surface area contributed by atoms with Crippen molar-refractivity contribution in [1.82, 2.24) is 10.9 Å². The highest BCUT2D eigenvalue weighted by atomic mass is 32.1. The summed E-state index contributed by atoms with van der Waals surface area (Å²) >= 11 is 4.61. The Morgan fingerprint density at radius 1 is 1.11 bits per heavy atom. The smallest absolute Gasteiger partial charge is 0.331 e. The maximum atomic E-state index is 12.6. The second-order valence-electron chi connectivity index (χ2n) is 3.04. The Labute approximate surface area is 104 Å². The topological polar surface area (TPSA) is 53.2 Å². The van der Waals surface area contributed by atoms with Gasteiger partial charge in [0.15, 0.2) is 5.11 Å². The van der Waals surface area contributed by atoms with Gasteiger partial charge in [-0.2, -0.15) is 13.2 Å². The van der Waals surface area contributed by atoms with Crippen LogP contribution in [0.3, 0.4) is 0 Å². The number of thiocarbonyl (C=S) groups is 1. The van der Waals surface area contributed by atoms with E-state index in [1.807, 2.05) is 5.43 Å². The fourth-order valence-electron chi connectivity index (χ4n) is 0.880. The molecule has 0 unspecified atom stereocenters. The molecule has 0 saturated carbocycles. The molecule has 1 aromatic rings. The van der Waals surface area contributed by atoms with Gasteiger partial charge in [0, 0.05) is 5.69 Å². The molecule has 1 amide bonds. The molecule has 0 aliphatic rings. The van der Waals surface area contributed by atoms with Crippen molar-refractivity contribution in [3.63, 3.8) is 0 Å². The molecule has 0 bridgehead atoms. The molecule has 0 aliphatic carbocycles. The van der Waals surface area contributed by atoms with E-state index in [1.165, 1.54) is 17.6 Å². The van der Waals surface area contributed by atoms with Crippen molar-refractivity contribution < 1.29 is 22.4 Å². The molecular formula is C9H7F4N3OS. The summed E-state index contributed by atoms with van der Waals surface area (Å²) in [5, 5.41) is 2.18. The van der Waals surface area contributed by atoms with Crippen LogP contribution in [0.4, 0.5) is 23.2 Å². The van der Waals surface area contributed by atoms with Crippen molar-refractivity contribution in [2.45, 2.75) is 6.18 Å². The van der Waals surface area contributed by atoms with E-state index in [9.17, 15) is 22.4 Å². The first kappa shape index (κ1) is 14.2. The first-order valence-corrected chi connectivity index (χ1v) is 4.89. The molecule has 0 saturated heterocycles. The molecule has 9 heteroatoms. The lowest BCUT2D eigenvalue weighted by atomic mass is 10.3. The average Bonchev–Trinajstić information content (AvgIpc) is 2.28. The van der Waals surface area contributed by atoms with Crippen molar-refractivity contribution in [3.8, 4) is 0 Å². The summed E-state index contributed by atoms with van der Waals surface area (Å²) in [6.07, 6.45) is -5.00. The lowest BCUT2D eigenvalue weighted by Crippen LogP contribution is -2.49. The number of carbonyl (C=O) groups excluding carboxylic acids is 1. The highest BCUT2D eigenvalue weighted by Crippen LogP contribution is 2.13. The SMILES string of the molecule is O=C(NNC(=S)Nc1ccc(F)cc1)C(F)(F)F. The predicted octanol–water partition coefficient (Wildman–Crippen LogP) is 1.71. The van der Waals surface area contributed by atoms with Gasteiger partial charge in [0.05, 0.1) is 0 Å². The fourth-order valence-corrected chi connectivity index (χ4v) is 1.05. The van der Waals surface area contributed by atoms with Crippen LogP contribution in [0.1, 0.15) is 0 Å². The molecule has 1 rings (SSSR count). The minimum Gasteiger partial charge on any atom is -0.331 e. The second kappa shape index (κ2) is 5.63. The Morgan fingerprint density at radius 2 is 1.67 bits per heavy atom. The zero-order chi connectivity index (χ0) is 13.8. The van der Waals surface area contributed by atoms with Gasteiger partial charge >= 0.3 is 12.1 Å². The standard InChI is InChI=1S/C9H7F4N3OS/c10-5-1-3-6(4-2-5)14-8(18)16-15-7(17)9(11,12)13/h1-4H,(H,15,17)(H2,14,16,18). The maximum Gasteiger partial charge on any atom is 0.472 e. The Kier molecular flexibility index (Phi) is 4.43. The summed E-state index contributed by atoms with van der Waals surface area (Å²) in [4.78, 5) is 10.4. The number of hydrogen-bond acceptors (Lipinski definition) is 2. The minimum atomic E-state index is -5.00. The molecule has 3 N–H and O–H groups in total. The van der Waals surface area contributed by atoms with E-state index in [0.717, 1.165) is 12.1 Å². The number of nitrogens with one attached hydrogen (secondary N) is 3. The molecule has 0 fully saturated rings. The normalized spacial score (nSPS) is 10.7. The van der Waals surface area contributed by atoms with E-state index in [1.54, 1.807) is 0 Å². The first-order chi connectivity index (χ1) is 8.29. The van der Waals surface area contributed by atoms with Crippen LogP contribution in [0.25, 0.3) is 0 Å². The molecule has 98 valence electrons. The van der Waals surface area contributed by atoms with E-state index >= 15 is 0 Å². The van der Waals surface area contributed by atoms with Crippen molar-refractivity contribution in [1.29, 1.82) is 0 Å². The largest absolute Gasteiger partial charge is 0.472 e. The number of alkyl halides is 3. The molecule has 0 aromatic heterocycles. The molecule has 4 nitrogen and oxygen atoms in total. The Balaban J connectivity index is 2.43. The summed E-state index contributed by atoms with van der Waals surface area (Å²) in [6.45, 7) is 0. The van der Waals surface area contributed by atoms with Gasteiger partial charge in [0.1, 0.15) is 5.82 Å². The van der Waals surface area contributed by atoms with Gasteiger partial charge in [0.2, 0.25) is 0 Å². The molecule has 0 radical (unpaired) electrons. The van der Waals surface area contributed by atoms with E-state index in [0.29, 0.717) is 5.69 Å². The summed E-state index contributed by atoms with van der Waals surface area (Å²) in [5.41, 5.74) is 3.58. The average molecular weight is 281 g/mol. The number of rotatable bonds is 1. The summed E-state index contributed by atoms with van der Waals surface area (Å²) < 4.78 is 48.0. The van der Waals surface area contributed by atoms with Gasteiger partial charge in [-0.25, -0.2) is 4.39 Å². The molecule has 0 atom stereocenters. The lowest BCUT2D eigenvalue weighted by Gasteiger charge is -2.12. The van der Waals surface area contributed by atoms with E-state index in [-0.39, 0.29) is 5.11 Å². The van der Waals surface area contributed by atoms with E-state index < -0.39 is 17.9 Å². The predicted molar refractivity (Wildman–Crippen MR) is 60.0 cm³/mol. The Hall–Kier alpha value is -1.90. The lowest BCUT2D eigenvalue weighted by molar-refractivity contribution is -0.174. The Bertz CT molecular complexity index is 446. The number of benzene rings is 1. The molecule has 18 heavy (non-hydrogen) atoms. The number of hydrazine groups is 1. The summed E-state index contributed by atoms with van der Waals surface area (Å²) in [6, 6.07) is 4.93. The third kappa shape index (κ3) is 4.53. The summed E-state index contributed by atoms with van der Waals surface area (Å²) in [7, 11) is 0. The fraction of sp³-hybridized carbons (Fsp3) is 0.111. The number of anilines is 1. The van der Waals surface area contributed by atoms with Crippen molar-refractivity contribution in [2.24, 2.45) is 0 Å². The number of hydrogen-bond donors (Lipinski definition) is 3. The van der Waals surface area contributed by atoms with Gasteiger partial charge < -0.3 is 5.32 Å². The van der Waals surface area contributed by atoms with Crippen molar-refractivity contribution in [2.75, 3.05) is 5.32 Å². The monoisotopic (exact) mass is 281 g/mol. The van der Waals surface area contributed by atoms with Crippen LogP contribution in [0.5, 0.6) is 0 Å².